The molecule has 1 N–H and O–H groups in total. The summed E-state index contributed by atoms with van der Waals surface area (Å²) in [6, 6.07) is 0.634. The largest absolute Gasteiger partial charge is 0.395 e. The molecule has 0 aromatic heterocycles. The second-order valence-electron chi connectivity index (χ2n) is 6.04. The van der Waals surface area contributed by atoms with E-state index in [1.807, 2.05) is 18.1 Å². The van der Waals surface area contributed by atoms with Crippen LogP contribution >= 0.6 is 11.8 Å². The minimum atomic E-state index is 0.0866. The van der Waals surface area contributed by atoms with Crippen LogP contribution in [0, 0.1) is 0 Å². The van der Waals surface area contributed by atoms with Gasteiger partial charge in [-0.2, -0.15) is 11.8 Å². The number of carbonyl (C=O) groups excluding carboxylic acids is 1. The Labute approximate surface area is 132 Å². The molecule has 2 aliphatic heterocycles. The maximum Gasteiger partial charge on any atom is 0.235 e. The molecule has 2 heterocycles. The van der Waals surface area contributed by atoms with E-state index in [1.54, 1.807) is 11.8 Å². The average molecular weight is 315 g/mol. The van der Waals surface area contributed by atoms with Gasteiger partial charge in [0.1, 0.15) is 0 Å². The molecule has 2 saturated heterocycles. The fraction of sp³-hybridized carbons (Fsp3) is 0.933. The molecule has 2 fully saturated rings. The number of carbonyl (C=O) groups is 1. The first-order valence-electron chi connectivity index (χ1n) is 8.04. The molecular formula is C15H29N3O2S. The third kappa shape index (κ3) is 4.58. The molecular weight excluding hydrogens is 286 g/mol. The van der Waals surface area contributed by atoms with Gasteiger partial charge in [0, 0.05) is 51.9 Å². The molecule has 0 saturated carbocycles. The fourth-order valence-corrected chi connectivity index (χ4v) is 3.65. The minimum absolute atomic E-state index is 0.0866. The monoisotopic (exact) mass is 315 g/mol. The van der Waals surface area contributed by atoms with E-state index < -0.39 is 0 Å². The van der Waals surface area contributed by atoms with Gasteiger partial charge in [0.05, 0.1) is 11.9 Å². The van der Waals surface area contributed by atoms with Gasteiger partial charge < -0.3 is 10.0 Å². The molecule has 1 amide bonds. The second kappa shape index (κ2) is 8.36. The van der Waals surface area contributed by atoms with Crippen molar-refractivity contribution in [3.8, 4) is 0 Å². The van der Waals surface area contributed by atoms with Crippen LogP contribution in [-0.2, 0) is 4.79 Å². The van der Waals surface area contributed by atoms with Crippen molar-refractivity contribution in [2.24, 2.45) is 0 Å². The van der Waals surface area contributed by atoms with Gasteiger partial charge in [-0.25, -0.2) is 0 Å². The van der Waals surface area contributed by atoms with E-state index >= 15 is 0 Å². The number of hydrogen-bond acceptors (Lipinski definition) is 5. The van der Waals surface area contributed by atoms with Crippen LogP contribution in [0.1, 0.15) is 19.8 Å². The molecule has 0 radical (unpaired) electrons. The number of piperidine rings is 1. The summed E-state index contributed by atoms with van der Waals surface area (Å²) in [6.45, 7) is 9.18. The summed E-state index contributed by atoms with van der Waals surface area (Å²) in [7, 11) is 0. The molecule has 1 unspecified atom stereocenters. The van der Waals surface area contributed by atoms with E-state index in [-0.39, 0.29) is 11.9 Å². The Morgan fingerprint density at radius 1 is 1.19 bits per heavy atom. The van der Waals surface area contributed by atoms with Gasteiger partial charge in [-0.05, 0) is 26.0 Å². The van der Waals surface area contributed by atoms with E-state index in [9.17, 15) is 4.79 Å². The number of β-amino-alcohol motifs (C(OH)–C–C–N with tert-alkyl or cyclic N) is 1. The molecule has 2 rings (SSSR count). The van der Waals surface area contributed by atoms with Gasteiger partial charge in [0.2, 0.25) is 5.91 Å². The molecule has 122 valence electrons. The van der Waals surface area contributed by atoms with Gasteiger partial charge >= 0.3 is 0 Å². The number of piperazine rings is 1. The van der Waals surface area contributed by atoms with E-state index in [2.05, 4.69) is 9.80 Å². The number of hydrogen-bond donors (Lipinski definition) is 1. The number of thioether (sulfide) groups is 1. The average Bonchev–Trinajstić information content (AvgIpc) is 2.54. The highest BCUT2D eigenvalue weighted by molar-refractivity contribution is 7.99. The predicted octanol–water partition coefficient (Wildman–Crippen LogP) is 0.339. The molecule has 0 spiro atoms. The Hall–Kier alpha value is -0.300. The molecule has 1 atom stereocenters. The smallest absolute Gasteiger partial charge is 0.235 e. The lowest BCUT2D eigenvalue weighted by atomic mass is 10.0. The third-order valence-electron chi connectivity index (χ3n) is 4.82. The molecule has 0 aliphatic carbocycles. The Balaban J connectivity index is 1.73. The van der Waals surface area contributed by atoms with Crippen molar-refractivity contribution < 1.29 is 9.90 Å². The summed E-state index contributed by atoms with van der Waals surface area (Å²) < 4.78 is 0. The van der Waals surface area contributed by atoms with E-state index in [0.717, 1.165) is 58.7 Å². The van der Waals surface area contributed by atoms with Gasteiger partial charge in [-0.15, -0.1) is 0 Å². The lowest BCUT2D eigenvalue weighted by molar-refractivity contribution is -0.132. The number of aliphatic hydroxyl groups is 1. The lowest BCUT2D eigenvalue weighted by Crippen LogP contribution is -2.54. The first-order valence-corrected chi connectivity index (χ1v) is 9.33. The topological polar surface area (TPSA) is 47.0 Å². The first kappa shape index (κ1) is 17.1. The Kier molecular flexibility index (Phi) is 6.79. The summed E-state index contributed by atoms with van der Waals surface area (Å²) >= 11 is 1.63. The van der Waals surface area contributed by atoms with Crippen LogP contribution in [0.2, 0.25) is 0 Å². The summed E-state index contributed by atoms with van der Waals surface area (Å²) in [5.74, 6) is 0.300. The maximum absolute atomic E-state index is 12.2. The minimum Gasteiger partial charge on any atom is -0.395 e. The fourth-order valence-electron chi connectivity index (χ4n) is 3.30. The standard InChI is InChI=1S/C15H29N3O2S/c1-13(21-2)15(20)18-5-3-14(4-6-18)17-9-7-16(8-10-17)11-12-19/h13-14,19H,3-12H2,1-2H3. The normalized spacial score (nSPS) is 24.2. The highest BCUT2D eigenvalue weighted by atomic mass is 32.2. The van der Waals surface area contributed by atoms with Crippen LogP contribution in [0.15, 0.2) is 0 Å². The SMILES string of the molecule is CSC(C)C(=O)N1CCC(N2CCN(CCO)CC2)CC1. The summed E-state index contributed by atoms with van der Waals surface area (Å²) in [4.78, 5) is 19.1. The van der Waals surface area contributed by atoms with Gasteiger partial charge in [0.25, 0.3) is 0 Å². The maximum atomic E-state index is 12.2. The second-order valence-corrected chi connectivity index (χ2v) is 7.21. The van der Waals surface area contributed by atoms with Crippen molar-refractivity contribution in [3.63, 3.8) is 0 Å². The van der Waals surface area contributed by atoms with E-state index in [0.29, 0.717) is 11.9 Å². The third-order valence-corrected chi connectivity index (χ3v) is 5.73. The first-order chi connectivity index (χ1) is 10.2. The number of likely N-dealkylation sites (tertiary alicyclic amines) is 1. The van der Waals surface area contributed by atoms with Crippen LogP contribution in [0.3, 0.4) is 0 Å². The Bertz CT molecular complexity index is 327. The Morgan fingerprint density at radius 3 is 2.33 bits per heavy atom. The van der Waals surface area contributed by atoms with Crippen molar-refractivity contribution in [2.45, 2.75) is 31.1 Å². The molecule has 6 heteroatoms. The number of rotatable bonds is 5. The summed E-state index contributed by atoms with van der Waals surface area (Å²) in [5.41, 5.74) is 0. The molecule has 0 bridgehead atoms. The Morgan fingerprint density at radius 2 is 1.81 bits per heavy atom. The number of nitrogens with zero attached hydrogens (tertiary/aromatic N) is 3. The van der Waals surface area contributed by atoms with Crippen LogP contribution in [-0.4, -0.2) is 95.7 Å². The molecule has 21 heavy (non-hydrogen) atoms. The number of aliphatic hydroxyl groups excluding tert-OH is 1. The van der Waals surface area contributed by atoms with Crippen molar-refractivity contribution in [1.29, 1.82) is 0 Å². The van der Waals surface area contributed by atoms with Crippen LogP contribution in [0.25, 0.3) is 0 Å². The van der Waals surface area contributed by atoms with E-state index in [4.69, 9.17) is 5.11 Å². The van der Waals surface area contributed by atoms with Crippen LogP contribution in [0.4, 0.5) is 0 Å². The van der Waals surface area contributed by atoms with Gasteiger partial charge in [-0.3, -0.25) is 14.6 Å². The molecule has 2 aliphatic rings. The highest BCUT2D eigenvalue weighted by Gasteiger charge is 2.30. The van der Waals surface area contributed by atoms with Crippen molar-refractivity contribution in [1.82, 2.24) is 14.7 Å². The van der Waals surface area contributed by atoms with Gasteiger partial charge in [-0.1, -0.05) is 0 Å². The quantitative estimate of drug-likeness (QED) is 0.793. The summed E-state index contributed by atoms with van der Waals surface area (Å²) in [5, 5.41) is 9.07. The molecule has 0 aromatic rings. The molecule has 5 nitrogen and oxygen atoms in total. The zero-order valence-electron chi connectivity index (χ0n) is 13.3. The van der Waals surface area contributed by atoms with Crippen molar-refractivity contribution >= 4 is 17.7 Å². The zero-order valence-corrected chi connectivity index (χ0v) is 14.1. The van der Waals surface area contributed by atoms with Crippen LogP contribution in [0.5, 0.6) is 0 Å². The van der Waals surface area contributed by atoms with Crippen LogP contribution < -0.4 is 0 Å². The summed E-state index contributed by atoms with van der Waals surface area (Å²) in [6.07, 6.45) is 4.21. The highest BCUT2D eigenvalue weighted by Crippen LogP contribution is 2.20. The predicted molar refractivity (Wildman–Crippen MR) is 87.7 cm³/mol. The lowest BCUT2D eigenvalue weighted by Gasteiger charge is -2.43. The van der Waals surface area contributed by atoms with Gasteiger partial charge in [0.15, 0.2) is 0 Å². The number of amides is 1. The van der Waals surface area contributed by atoms with Crippen molar-refractivity contribution in [3.05, 3.63) is 0 Å². The zero-order chi connectivity index (χ0) is 15.2. The van der Waals surface area contributed by atoms with Crippen molar-refractivity contribution in [2.75, 3.05) is 58.7 Å². The van der Waals surface area contributed by atoms with E-state index in [1.165, 1.54) is 0 Å². The molecule has 0 aromatic carbocycles.